The molecule has 6 nitrogen and oxygen atoms in total. The molecule has 7 heteroatoms. The summed E-state index contributed by atoms with van der Waals surface area (Å²) in [4.78, 5) is 0.345. The molecule has 0 radical (unpaired) electrons. The molecule has 2 aliphatic rings. The highest BCUT2D eigenvalue weighted by Crippen LogP contribution is 2.31. The third kappa shape index (κ3) is 4.70. The Morgan fingerprint density at radius 1 is 1.03 bits per heavy atom. The zero-order valence-corrected chi connectivity index (χ0v) is 17.5. The molecular weight excluding hydrogens is 386 g/mol. The Morgan fingerprint density at radius 3 is 2.55 bits per heavy atom. The minimum absolute atomic E-state index is 0.0456. The molecule has 2 aliphatic heterocycles. The van der Waals surface area contributed by atoms with Gasteiger partial charge in [-0.3, -0.25) is 0 Å². The zero-order valence-electron chi connectivity index (χ0n) is 16.7. The van der Waals surface area contributed by atoms with Gasteiger partial charge < -0.3 is 10.1 Å². The fourth-order valence-corrected chi connectivity index (χ4v) is 5.71. The number of nitrogens with zero attached hydrogens (tertiary/aromatic N) is 2. The smallest absolute Gasteiger partial charge is 0.255 e. The standard InChI is InChI=1S/C22H29N3O3S/c26-29(27,20-8-2-1-3-9-20)25(24-16-13-23-14-17-24)15-6-11-22-21-10-5-4-7-19(21)12-18-28-22/h1-5,7-10,22-23H,6,11-18H2. The molecule has 1 saturated heterocycles. The molecule has 1 unspecified atom stereocenters. The number of rotatable bonds is 7. The van der Waals surface area contributed by atoms with Crippen LogP contribution >= 0.6 is 0 Å². The molecule has 156 valence electrons. The molecule has 0 bridgehead atoms. The quantitative estimate of drug-likeness (QED) is 0.753. The van der Waals surface area contributed by atoms with E-state index in [4.69, 9.17) is 4.74 Å². The van der Waals surface area contributed by atoms with Crippen molar-refractivity contribution in [2.45, 2.75) is 30.3 Å². The van der Waals surface area contributed by atoms with Crippen LogP contribution in [0.1, 0.15) is 30.1 Å². The summed E-state index contributed by atoms with van der Waals surface area (Å²) in [5, 5.41) is 5.26. The first-order chi connectivity index (χ1) is 14.2. The highest BCUT2D eigenvalue weighted by atomic mass is 32.2. The number of ether oxygens (including phenoxy) is 1. The molecule has 0 amide bonds. The average molecular weight is 416 g/mol. The number of sulfonamides is 1. The van der Waals surface area contributed by atoms with E-state index in [1.54, 1.807) is 28.7 Å². The van der Waals surface area contributed by atoms with Gasteiger partial charge in [0.25, 0.3) is 10.0 Å². The van der Waals surface area contributed by atoms with E-state index in [0.29, 0.717) is 24.5 Å². The molecular formula is C22H29N3O3S. The van der Waals surface area contributed by atoms with Crippen molar-refractivity contribution in [1.82, 2.24) is 14.7 Å². The Balaban J connectivity index is 1.48. The largest absolute Gasteiger partial charge is 0.373 e. The maximum absolute atomic E-state index is 13.3. The van der Waals surface area contributed by atoms with Gasteiger partial charge in [-0.05, 0) is 42.5 Å². The van der Waals surface area contributed by atoms with Crippen LogP contribution in [0.15, 0.2) is 59.5 Å². The summed E-state index contributed by atoms with van der Waals surface area (Å²) in [5.74, 6) is 0. The van der Waals surface area contributed by atoms with Crippen molar-refractivity contribution in [2.24, 2.45) is 0 Å². The van der Waals surface area contributed by atoms with E-state index in [1.807, 2.05) is 17.1 Å². The summed E-state index contributed by atoms with van der Waals surface area (Å²) < 4.78 is 34.3. The number of hydrogen-bond acceptors (Lipinski definition) is 5. The average Bonchev–Trinajstić information content (AvgIpc) is 2.78. The summed E-state index contributed by atoms with van der Waals surface area (Å²) in [6.07, 6.45) is 2.55. The van der Waals surface area contributed by atoms with Gasteiger partial charge in [0, 0.05) is 32.7 Å². The van der Waals surface area contributed by atoms with E-state index in [-0.39, 0.29) is 6.10 Å². The molecule has 0 aromatic heterocycles. The summed E-state index contributed by atoms with van der Waals surface area (Å²) in [6.45, 7) is 4.15. The van der Waals surface area contributed by atoms with Gasteiger partial charge in [-0.1, -0.05) is 42.5 Å². The van der Waals surface area contributed by atoms with Crippen LogP contribution < -0.4 is 5.32 Å². The Bertz CT molecular complexity index is 899. The minimum atomic E-state index is -3.57. The third-order valence-electron chi connectivity index (χ3n) is 5.64. The van der Waals surface area contributed by atoms with Crippen molar-refractivity contribution in [1.29, 1.82) is 0 Å². The molecule has 1 atom stereocenters. The van der Waals surface area contributed by atoms with E-state index < -0.39 is 10.0 Å². The lowest BCUT2D eigenvalue weighted by Gasteiger charge is -2.37. The minimum Gasteiger partial charge on any atom is -0.373 e. The third-order valence-corrected chi connectivity index (χ3v) is 7.47. The van der Waals surface area contributed by atoms with Crippen LogP contribution in [-0.4, -0.2) is 57.2 Å². The van der Waals surface area contributed by atoms with Crippen molar-refractivity contribution in [2.75, 3.05) is 39.3 Å². The van der Waals surface area contributed by atoms with Gasteiger partial charge in [0.1, 0.15) is 0 Å². The van der Waals surface area contributed by atoms with Crippen LogP contribution in [0.2, 0.25) is 0 Å². The fraction of sp³-hybridized carbons (Fsp3) is 0.455. The Kier molecular flexibility index (Phi) is 6.62. The lowest BCUT2D eigenvalue weighted by atomic mass is 9.95. The number of fused-ring (bicyclic) bond motifs is 1. The maximum Gasteiger partial charge on any atom is 0.255 e. The maximum atomic E-state index is 13.3. The van der Waals surface area contributed by atoms with Gasteiger partial charge in [0.15, 0.2) is 0 Å². The van der Waals surface area contributed by atoms with Crippen molar-refractivity contribution in [3.8, 4) is 0 Å². The zero-order chi connectivity index (χ0) is 20.1. The second-order valence-electron chi connectivity index (χ2n) is 7.52. The van der Waals surface area contributed by atoms with Crippen LogP contribution in [0.5, 0.6) is 0 Å². The molecule has 1 fully saturated rings. The van der Waals surface area contributed by atoms with Crippen LogP contribution in [0.4, 0.5) is 0 Å². The fourth-order valence-electron chi connectivity index (χ4n) is 4.13. The highest BCUT2D eigenvalue weighted by molar-refractivity contribution is 7.89. The molecule has 0 saturated carbocycles. The number of piperazine rings is 1. The summed E-state index contributed by atoms with van der Waals surface area (Å²) in [5.41, 5.74) is 2.60. The molecule has 2 heterocycles. The number of benzene rings is 2. The van der Waals surface area contributed by atoms with Gasteiger partial charge in [0.2, 0.25) is 0 Å². The lowest BCUT2D eigenvalue weighted by Crippen LogP contribution is -2.54. The Morgan fingerprint density at radius 2 is 1.76 bits per heavy atom. The normalized spacial score (nSPS) is 20.5. The first kappa shape index (κ1) is 20.5. The number of hydrazine groups is 1. The molecule has 29 heavy (non-hydrogen) atoms. The highest BCUT2D eigenvalue weighted by Gasteiger charge is 2.31. The predicted molar refractivity (Wildman–Crippen MR) is 113 cm³/mol. The summed E-state index contributed by atoms with van der Waals surface area (Å²) in [6, 6.07) is 17.1. The van der Waals surface area contributed by atoms with Crippen LogP contribution in [0, 0.1) is 0 Å². The first-order valence-corrected chi connectivity index (χ1v) is 11.8. The molecule has 0 aliphatic carbocycles. The van der Waals surface area contributed by atoms with E-state index in [2.05, 4.69) is 23.5 Å². The number of nitrogens with one attached hydrogen (secondary N) is 1. The van der Waals surface area contributed by atoms with E-state index >= 15 is 0 Å². The Hall–Kier alpha value is -1.77. The predicted octanol–water partition coefficient (Wildman–Crippen LogP) is 2.59. The van der Waals surface area contributed by atoms with E-state index in [1.165, 1.54) is 11.1 Å². The van der Waals surface area contributed by atoms with Crippen LogP contribution in [0.25, 0.3) is 0 Å². The van der Waals surface area contributed by atoms with E-state index in [9.17, 15) is 8.42 Å². The van der Waals surface area contributed by atoms with Crippen molar-refractivity contribution < 1.29 is 13.2 Å². The lowest BCUT2D eigenvalue weighted by molar-refractivity contribution is 0.0199. The molecule has 4 rings (SSSR count). The monoisotopic (exact) mass is 415 g/mol. The van der Waals surface area contributed by atoms with Crippen molar-refractivity contribution in [3.63, 3.8) is 0 Å². The second-order valence-corrected chi connectivity index (χ2v) is 9.36. The van der Waals surface area contributed by atoms with Gasteiger partial charge in [-0.2, -0.15) is 0 Å². The van der Waals surface area contributed by atoms with Crippen LogP contribution in [-0.2, 0) is 21.2 Å². The molecule has 2 aromatic rings. The SMILES string of the molecule is O=S(=O)(c1ccccc1)N(CCCC1OCCc2ccccc21)N1CCNCC1. The van der Waals surface area contributed by atoms with E-state index in [0.717, 1.165) is 39.0 Å². The summed E-state index contributed by atoms with van der Waals surface area (Å²) >= 11 is 0. The van der Waals surface area contributed by atoms with Gasteiger partial charge in [-0.25, -0.2) is 13.4 Å². The van der Waals surface area contributed by atoms with Crippen LogP contribution in [0.3, 0.4) is 0 Å². The summed E-state index contributed by atoms with van der Waals surface area (Å²) in [7, 11) is -3.57. The Labute approximate surface area is 173 Å². The van der Waals surface area contributed by atoms with Gasteiger partial charge >= 0.3 is 0 Å². The number of hydrogen-bond donors (Lipinski definition) is 1. The van der Waals surface area contributed by atoms with Crippen molar-refractivity contribution >= 4 is 10.0 Å². The first-order valence-electron chi connectivity index (χ1n) is 10.4. The van der Waals surface area contributed by atoms with Gasteiger partial charge in [0.05, 0.1) is 17.6 Å². The van der Waals surface area contributed by atoms with Crippen molar-refractivity contribution in [3.05, 3.63) is 65.7 Å². The second kappa shape index (κ2) is 9.36. The topological polar surface area (TPSA) is 61.9 Å². The molecule has 0 spiro atoms. The molecule has 1 N–H and O–H groups in total. The van der Waals surface area contributed by atoms with Gasteiger partial charge in [-0.15, -0.1) is 4.41 Å². The molecule has 2 aromatic carbocycles.